The Bertz CT molecular complexity index is 645. The fraction of sp³-hybridized carbons (Fsp3) is 0.286. The predicted molar refractivity (Wildman–Crippen MR) is 73.8 cm³/mol. The lowest BCUT2D eigenvalue weighted by atomic mass is 9.95. The highest BCUT2D eigenvalue weighted by Gasteiger charge is 2.48. The van der Waals surface area contributed by atoms with Crippen molar-refractivity contribution < 1.29 is 0 Å². The zero-order valence-corrected chi connectivity index (χ0v) is 11.6. The third-order valence-corrected chi connectivity index (χ3v) is 4.49. The van der Waals surface area contributed by atoms with Crippen molar-refractivity contribution in [3.05, 3.63) is 62.2 Å². The van der Waals surface area contributed by atoms with E-state index in [-0.39, 0.29) is 11.0 Å². The zero-order valence-electron chi connectivity index (χ0n) is 10.0. The van der Waals surface area contributed by atoms with E-state index in [4.69, 9.17) is 0 Å². The van der Waals surface area contributed by atoms with Gasteiger partial charge in [0.1, 0.15) is 10.3 Å². The molecule has 1 aliphatic carbocycles. The van der Waals surface area contributed by atoms with Crippen molar-refractivity contribution in [2.45, 2.75) is 25.2 Å². The summed E-state index contributed by atoms with van der Waals surface area (Å²) in [4.78, 5) is 19.3. The Morgan fingerprint density at radius 3 is 2.50 bits per heavy atom. The van der Waals surface area contributed by atoms with Crippen molar-refractivity contribution in [2.75, 3.05) is 0 Å². The minimum atomic E-state index is -0.0975. The highest BCUT2D eigenvalue weighted by atomic mass is 79.9. The Balaban J connectivity index is 2.14. The van der Waals surface area contributed by atoms with Crippen LogP contribution in [0.2, 0.25) is 0 Å². The maximum Gasteiger partial charge on any atom is 0.265 e. The van der Waals surface area contributed by atoms with Crippen molar-refractivity contribution in [3.63, 3.8) is 0 Å². The number of halogens is 1. The van der Waals surface area contributed by atoms with E-state index in [2.05, 4.69) is 38.0 Å². The summed E-state index contributed by atoms with van der Waals surface area (Å²) < 4.78 is 0.523. The maximum atomic E-state index is 11.8. The van der Waals surface area contributed by atoms with Crippen LogP contribution in [0, 0.1) is 6.92 Å². The second kappa shape index (κ2) is 4.05. The van der Waals surface area contributed by atoms with E-state index in [0.717, 1.165) is 24.4 Å². The summed E-state index contributed by atoms with van der Waals surface area (Å²) in [5.74, 6) is 0.791. The summed E-state index contributed by atoms with van der Waals surface area (Å²) in [5, 5.41) is 0. The summed E-state index contributed by atoms with van der Waals surface area (Å²) in [6.45, 7) is 1.85. The molecule has 0 saturated heterocycles. The van der Waals surface area contributed by atoms with E-state index in [1.807, 2.05) is 25.1 Å². The number of H-pyrrole nitrogens is 1. The largest absolute Gasteiger partial charge is 0.309 e. The molecule has 1 aromatic heterocycles. The second-order valence-electron chi connectivity index (χ2n) is 4.76. The summed E-state index contributed by atoms with van der Waals surface area (Å²) in [6, 6.07) is 10.3. The first-order valence-electron chi connectivity index (χ1n) is 5.96. The third kappa shape index (κ3) is 1.72. The summed E-state index contributed by atoms with van der Waals surface area (Å²) >= 11 is 3.25. The van der Waals surface area contributed by atoms with Gasteiger partial charge in [-0.1, -0.05) is 30.3 Å². The molecule has 92 valence electrons. The Morgan fingerprint density at radius 2 is 1.94 bits per heavy atom. The molecule has 0 amide bonds. The molecule has 18 heavy (non-hydrogen) atoms. The third-order valence-electron chi connectivity index (χ3n) is 3.56. The van der Waals surface area contributed by atoms with E-state index in [1.54, 1.807) is 0 Å². The van der Waals surface area contributed by atoms with Crippen LogP contribution in [-0.2, 0) is 5.41 Å². The molecule has 0 atom stereocenters. The van der Waals surface area contributed by atoms with E-state index in [9.17, 15) is 4.79 Å². The lowest BCUT2D eigenvalue weighted by Gasteiger charge is -2.15. The average Bonchev–Trinajstić information content (AvgIpc) is 3.18. The number of aromatic nitrogens is 2. The van der Waals surface area contributed by atoms with E-state index in [1.165, 1.54) is 5.56 Å². The van der Waals surface area contributed by atoms with E-state index >= 15 is 0 Å². The molecule has 3 rings (SSSR count). The number of aromatic amines is 1. The van der Waals surface area contributed by atoms with Crippen molar-refractivity contribution in [3.8, 4) is 0 Å². The lowest BCUT2D eigenvalue weighted by Crippen LogP contribution is -2.21. The molecule has 1 saturated carbocycles. The van der Waals surface area contributed by atoms with Crippen LogP contribution in [0.3, 0.4) is 0 Å². The van der Waals surface area contributed by atoms with E-state index in [0.29, 0.717) is 4.47 Å². The van der Waals surface area contributed by atoms with Crippen LogP contribution in [-0.4, -0.2) is 9.97 Å². The van der Waals surface area contributed by atoms with Gasteiger partial charge in [-0.15, -0.1) is 0 Å². The monoisotopic (exact) mass is 304 g/mol. The van der Waals surface area contributed by atoms with Crippen LogP contribution in [0.5, 0.6) is 0 Å². The van der Waals surface area contributed by atoms with Crippen LogP contribution in [0.1, 0.15) is 29.9 Å². The SMILES string of the molecule is Cc1nc(C2(c3ccccc3)CC2)[nH]c(=O)c1Br. The van der Waals surface area contributed by atoms with Gasteiger partial charge in [0.2, 0.25) is 0 Å². The molecule has 1 N–H and O–H groups in total. The van der Waals surface area contributed by atoms with Gasteiger partial charge in [0, 0.05) is 0 Å². The Hall–Kier alpha value is -1.42. The highest BCUT2D eigenvalue weighted by Crippen LogP contribution is 2.51. The Morgan fingerprint density at radius 1 is 1.28 bits per heavy atom. The van der Waals surface area contributed by atoms with E-state index < -0.39 is 0 Å². The normalized spacial score (nSPS) is 16.6. The molecule has 0 spiro atoms. The molecule has 1 aliphatic rings. The van der Waals surface area contributed by atoms with Gasteiger partial charge in [-0.2, -0.15) is 0 Å². The number of rotatable bonds is 2. The zero-order chi connectivity index (χ0) is 12.8. The second-order valence-corrected chi connectivity index (χ2v) is 5.56. The van der Waals surface area contributed by atoms with Crippen LogP contribution in [0.25, 0.3) is 0 Å². The number of nitrogens with zero attached hydrogens (tertiary/aromatic N) is 1. The van der Waals surface area contributed by atoms with Crippen molar-refractivity contribution in [1.82, 2.24) is 9.97 Å². The number of hydrogen-bond donors (Lipinski definition) is 1. The fourth-order valence-corrected chi connectivity index (χ4v) is 2.53. The van der Waals surface area contributed by atoms with Gasteiger partial charge in [0.05, 0.1) is 11.1 Å². The molecule has 1 heterocycles. The number of benzene rings is 1. The van der Waals surface area contributed by atoms with Crippen LogP contribution in [0.15, 0.2) is 39.6 Å². The van der Waals surface area contributed by atoms with Crippen molar-refractivity contribution in [2.24, 2.45) is 0 Å². The lowest BCUT2D eigenvalue weighted by molar-refractivity contribution is 0.736. The molecule has 0 unspecified atom stereocenters. The van der Waals surface area contributed by atoms with Crippen LogP contribution >= 0.6 is 15.9 Å². The number of hydrogen-bond acceptors (Lipinski definition) is 2. The smallest absolute Gasteiger partial charge is 0.265 e. The Labute approximate surface area is 113 Å². The molecule has 0 aliphatic heterocycles. The predicted octanol–water partition coefficient (Wildman–Crippen LogP) is 2.92. The number of aryl methyl sites for hydroxylation is 1. The Kier molecular flexibility index (Phi) is 2.63. The molecule has 3 nitrogen and oxygen atoms in total. The van der Waals surface area contributed by atoms with Crippen LogP contribution in [0.4, 0.5) is 0 Å². The molecular formula is C14H13BrN2O. The maximum absolute atomic E-state index is 11.8. The van der Waals surface area contributed by atoms with Gasteiger partial charge in [0.25, 0.3) is 5.56 Å². The standard InChI is InChI=1S/C14H13BrN2O/c1-9-11(15)12(18)17-13(16-9)14(7-8-14)10-5-3-2-4-6-10/h2-6H,7-8H2,1H3,(H,16,17,18). The highest BCUT2D eigenvalue weighted by molar-refractivity contribution is 9.10. The van der Waals surface area contributed by atoms with Gasteiger partial charge in [-0.3, -0.25) is 4.79 Å². The average molecular weight is 305 g/mol. The minimum absolute atomic E-state index is 0.0775. The first-order valence-corrected chi connectivity index (χ1v) is 6.75. The van der Waals surface area contributed by atoms with Gasteiger partial charge in [0.15, 0.2) is 0 Å². The molecule has 0 radical (unpaired) electrons. The summed E-state index contributed by atoms with van der Waals surface area (Å²) in [5.41, 5.74) is 1.80. The first-order chi connectivity index (χ1) is 8.63. The van der Waals surface area contributed by atoms with Crippen LogP contribution < -0.4 is 5.56 Å². The molecule has 4 heteroatoms. The van der Waals surface area contributed by atoms with Gasteiger partial charge in [-0.25, -0.2) is 4.98 Å². The van der Waals surface area contributed by atoms with Gasteiger partial charge < -0.3 is 4.98 Å². The van der Waals surface area contributed by atoms with Crippen molar-refractivity contribution >= 4 is 15.9 Å². The summed E-state index contributed by atoms with van der Waals surface area (Å²) in [6.07, 6.45) is 2.09. The topological polar surface area (TPSA) is 45.8 Å². The van der Waals surface area contributed by atoms with Crippen molar-refractivity contribution in [1.29, 1.82) is 0 Å². The molecule has 2 aromatic rings. The first kappa shape index (κ1) is 11.7. The minimum Gasteiger partial charge on any atom is -0.309 e. The molecule has 0 bridgehead atoms. The van der Waals surface area contributed by atoms with Gasteiger partial charge in [-0.05, 0) is 41.3 Å². The molecular weight excluding hydrogens is 292 g/mol. The quantitative estimate of drug-likeness (QED) is 0.927. The molecule has 1 fully saturated rings. The molecule has 1 aromatic carbocycles. The summed E-state index contributed by atoms with van der Waals surface area (Å²) in [7, 11) is 0. The number of nitrogens with one attached hydrogen (secondary N) is 1. The van der Waals surface area contributed by atoms with Gasteiger partial charge >= 0.3 is 0 Å². The fourth-order valence-electron chi connectivity index (χ4n) is 2.34.